The van der Waals surface area contributed by atoms with Crippen LogP contribution in [0, 0.1) is 6.92 Å². The lowest BCUT2D eigenvalue weighted by molar-refractivity contribution is -0.155. The van der Waals surface area contributed by atoms with Crippen LogP contribution in [-0.4, -0.2) is 45.2 Å². The zero-order valence-electron chi connectivity index (χ0n) is 11.7. The Morgan fingerprint density at radius 1 is 1.68 bits per heavy atom. The van der Waals surface area contributed by atoms with Crippen molar-refractivity contribution in [1.29, 1.82) is 0 Å². The molecule has 0 radical (unpaired) electrons. The van der Waals surface area contributed by atoms with Gasteiger partial charge < -0.3 is 19.8 Å². The lowest BCUT2D eigenvalue weighted by Crippen LogP contribution is -2.47. The van der Waals surface area contributed by atoms with Gasteiger partial charge in [0, 0.05) is 23.1 Å². The second-order valence-electron chi connectivity index (χ2n) is 4.94. The number of H-pyrrole nitrogens is 1. The number of nitrogens with one attached hydrogen (secondary N) is 1. The van der Waals surface area contributed by atoms with Crippen molar-refractivity contribution >= 4 is 0 Å². The molecule has 1 aliphatic heterocycles. The third-order valence-corrected chi connectivity index (χ3v) is 3.45. The molecule has 0 saturated carbocycles. The smallest absolute Gasteiger partial charge is 0.330 e. The Kier molecular flexibility index (Phi) is 4.52. The Hall–Kier alpha value is -2.33. The summed E-state index contributed by atoms with van der Waals surface area (Å²) in [6, 6.07) is 0. The number of hydrogen-bond donors (Lipinski definition) is 3. The van der Waals surface area contributed by atoms with Gasteiger partial charge in [-0.3, -0.25) is 14.3 Å². The number of aromatic nitrogens is 2. The van der Waals surface area contributed by atoms with Crippen LogP contribution in [0.2, 0.25) is 0 Å². The molecule has 0 unspecified atom stereocenters. The maximum absolute atomic E-state index is 12.0. The van der Waals surface area contributed by atoms with Crippen molar-refractivity contribution in [3.05, 3.63) is 43.0 Å². The zero-order chi connectivity index (χ0) is 16.3. The summed E-state index contributed by atoms with van der Waals surface area (Å²) >= 11 is 0. The molecule has 3 N–H and O–H groups in total. The lowest BCUT2D eigenvalue weighted by Gasteiger charge is -2.29. The maximum Gasteiger partial charge on any atom is 0.330 e. The van der Waals surface area contributed by atoms with Gasteiger partial charge in [0.2, 0.25) is 0 Å². The van der Waals surface area contributed by atoms with Gasteiger partial charge >= 0.3 is 5.69 Å². The molecule has 2 rings (SSSR count). The minimum atomic E-state index is -1.51. The SMILES string of the molecule is Cc1cn([C@@]2(CON=[N+]=[N-])C[C@H](O)[C@@H](CO)O2)c(=O)[nH]c1=O. The first-order valence-electron chi connectivity index (χ1n) is 6.39. The van der Waals surface area contributed by atoms with E-state index in [1.54, 1.807) is 0 Å². The van der Waals surface area contributed by atoms with Crippen molar-refractivity contribution in [2.24, 2.45) is 5.28 Å². The number of nitrogens with zero attached hydrogens (tertiary/aromatic N) is 4. The molecule has 3 atom stereocenters. The van der Waals surface area contributed by atoms with Gasteiger partial charge in [0.1, 0.15) is 18.0 Å². The molecule has 1 aliphatic rings. The van der Waals surface area contributed by atoms with Gasteiger partial charge in [-0.05, 0) is 12.5 Å². The predicted molar refractivity (Wildman–Crippen MR) is 71.7 cm³/mol. The molecular weight excluding hydrogens is 298 g/mol. The van der Waals surface area contributed by atoms with Crippen LogP contribution in [0.25, 0.3) is 10.4 Å². The van der Waals surface area contributed by atoms with Crippen molar-refractivity contribution in [3.8, 4) is 0 Å². The first-order valence-corrected chi connectivity index (χ1v) is 6.39. The summed E-state index contributed by atoms with van der Waals surface area (Å²) in [7, 11) is 0. The van der Waals surface area contributed by atoms with Crippen LogP contribution < -0.4 is 11.2 Å². The number of hydrogen-bond acceptors (Lipinski definition) is 7. The minimum Gasteiger partial charge on any atom is -0.428 e. The molecule has 2 heterocycles. The summed E-state index contributed by atoms with van der Waals surface area (Å²) in [6.07, 6.45) is -0.829. The van der Waals surface area contributed by atoms with Crippen LogP contribution in [-0.2, 0) is 15.3 Å². The summed E-state index contributed by atoms with van der Waals surface area (Å²) in [4.78, 5) is 32.8. The Labute approximate surface area is 123 Å². The largest absolute Gasteiger partial charge is 0.428 e. The molecule has 0 bridgehead atoms. The molecular formula is C11H15N5O6. The molecule has 22 heavy (non-hydrogen) atoms. The predicted octanol–water partition coefficient (Wildman–Crippen LogP) is -1.12. The number of rotatable bonds is 5. The van der Waals surface area contributed by atoms with Crippen LogP contribution in [0.4, 0.5) is 0 Å². The average Bonchev–Trinajstić information content (AvgIpc) is 2.80. The highest BCUT2D eigenvalue weighted by molar-refractivity contribution is 5.04. The monoisotopic (exact) mass is 313 g/mol. The fourth-order valence-electron chi connectivity index (χ4n) is 2.37. The van der Waals surface area contributed by atoms with Gasteiger partial charge in [-0.1, -0.05) is 0 Å². The van der Waals surface area contributed by atoms with E-state index in [9.17, 15) is 19.8 Å². The standard InChI is InChI=1S/C11H15N5O6/c1-6-3-16(10(20)13-9(6)19)11(5-21-15-14-12)2-7(18)8(4-17)22-11/h3,7-8,17-18H,2,4-5H2,1H3,(H,13,19,20)/t7-,8+,11-/m0/s1. The molecule has 1 aromatic heterocycles. The van der Waals surface area contributed by atoms with E-state index < -0.39 is 35.8 Å². The Morgan fingerprint density at radius 2 is 2.41 bits per heavy atom. The van der Waals surface area contributed by atoms with Gasteiger partial charge in [-0.25, -0.2) is 4.79 Å². The minimum absolute atomic E-state index is 0.0927. The zero-order valence-corrected chi connectivity index (χ0v) is 11.7. The molecule has 11 heteroatoms. The Bertz CT molecular complexity index is 708. The van der Waals surface area contributed by atoms with E-state index in [2.05, 4.69) is 15.2 Å². The topological polar surface area (TPSA) is 163 Å². The summed E-state index contributed by atoms with van der Waals surface area (Å²) < 4.78 is 6.60. The summed E-state index contributed by atoms with van der Waals surface area (Å²) in [5, 5.41) is 22.0. The number of ether oxygens (including phenoxy) is 1. The van der Waals surface area contributed by atoms with Gasteiger partial charge in [0.05, 0.1) is 12.7 Å². The maximum atomic E-state index is 12.0. The quantitative estimate of drug-likeness (QED) is 0.270. The molecule has 0 spiro atoms. The lowest BCUT2D eigenvalue weighted by atomic mass is 10.1. The highest BCUT2D eigenvalue weighted by atomic mass is 16.7. The molecule has 1 aromatic rings. The van der Waals surface area contributed by atoms with Crippen LogP contribution in [0.15, 0.2) is 21.1 Å². The van der Waals surface area contributed by atoms with Gasteiger partial charge in [-0.15, -0.1) is 0 Å². The van der Waals surface area contributed by atoms with E-state index in [1.807, 2.05) is 0 Å². The van der Waals surface area contributed by atoms with Crippen LogP contribution in [0.1, 0.15) is 12.0 Å². The van der Waals surface area contributed by atoms with Crippen molar-refractivity contribution in [2.75, 3.05) is 13.2 Å². The van der Waals surface area contributed by atoms with E-state index in [1.165, 1.54) is 13.1 Å². The second-order valence-corrected chi connectivity index (χ2v) is 4.94. The summed E-state index contributed by atoms with van der Waals surface area (Å²) in [5.74, 6) is 0. The van der Waals surface area contributed by atoms with Crippen LogP contribution in [0.3, 0.4) is 0 Å². The van der Waals surface area contributed by atoms with Gasteiger partial charge in [-0.2, -0.15) is 0 Å². The van der Waals surface area contributed by atoms with E-state index >= 15 is 0 Å². The fraction of sp³-hybridized carbons (Fsp3) is 0.636. The average molecular weight is 313 g/mol. The molecule has 0 aliphatic carbocycles. The summed E-state index contributed by atoms with van der Waals surface area (Å²) in [6.45, 7) is 0.642. The van der Waals surface area contributed by atoms with Gasteiger partial charge in [0.15, 0.2) is 5.72 Å². The first-order chi connectivity index (χ1) is 10.4. The number of aromatic amines is 1. The van der Waals surface area contributed by atoms with E-state index in [0.717, 1.165) is 4.57 Å². The van der Waals surface area contributed by atoms with Gasteiger partial charge in [0.25, 0.3) is 5.56 Å². The van der Waals surface area contributed by atoms with E-state index in [0.29, 0.717) is 0 Å². The molecule has 0 aromatic carbocycles. The highest BCUT2D eigenvalue weighted by Gasteiger charge is 2.48. The number of azide groups is 1. The molecule has 0 amide bonds. The third-order valence-electron chi connectivity index (χ3n) is 3.45. The van der Waals surface area contributed by atoms with E-state index in [4.69, 9.17) is 15.1 Å². The first kappa shape index (κ1) is 16.0. The van der Waals surface area contributed by atoms with Crippen LogP contribution in [0.5, 0.6) is 0 Å². The molecule has 120 valence electrons. The molecule has 1 fully saturated rings. The van der Waals surface area contributed by atoms with Crippen LogP contribution >= 0.6 is 0 Å². The fourth-order valence-corrected chi connectivity index (χ4v) is 2.37. The summed E-state index contributed by atoms with van der Waals surface area (Å²) in [5.41, 5.74) is 5.68. The Balaban J connectivity index is 2.50. The van der Waals surface area contributed by atoms with Crippen molar-refractivity contribution in [3.63, 3.8) is 0 Å². The Morgan fingerprint density at radius 3 is 3.00 bits per heavy atom. The second kappa shape index (κ2) is 6.20. The highest BCUT2D eigenvalue weighted by Crippen LogP contribution is 2.34. The van der Waals surface area contributed by atoms with E-state index in [-0.39, 0.29) is 18.6 Å². The molecule has 11 nitrogen and oxygen atoms in total. The number of aliphatic hydroxyl groups is 2. The van der Waals surface area contributed by atoms with Crippen molar-refractivity contribution < 1.29 is 19.8 Å². The van der Waals surface area contributed by atoms with Crippen molar-refractivity contribution in [1.82, 2.24) is 9.55 Å². The number of aliphatic hydroxyl groups excluding tert-OH is 2. The molecule has 1 saturated heterocycles. The third kappa shape index (κ3) is 2.83. The van der Waals surface area contributed by atoms with Crippen molar-refractivity contribution in [2.45, 2.75) is 31.3 Å². The number of aryl methyl sites for hydroxylation is 1. The normalized spacial score (nSPS) is 27.4.